The molecule has 0 aromatic rings. The van der Waals surface area contributed by atoms with Gasteiger partial charge in [0.1, 0.15) is 5.76 Å². The van der Waals surface area contributed by atoms with Crippen LogP contribution in [0.1, 0.15) is 19.3 Å². The lowest BCUT2D eigenvalue weighted by atomic mass is 10.00. The van der Waals surface area contributed by atoms with Crippen LogP contribution in [0.4, 0.5) is 0 Å². The largest absolute Gasteiger partial charge is 0.464 e. The van der Waals surface area contributed by atoms with Gasteiger partial charge in [0, 0.05) is 10.5 Å². The van der Waals surface area contributed by atoms with Crippen molar-refractivity contribution in [2.45, 2.75) is 24.5 Å². The Kier molecular flexibility index (Phi) is 3.34. The number of hydrogen-bond donors (Lipinski definition) is 1. The van der Waals surface area contributed by atoms with Gasteiger partial charge in [0.2, 0.25) is 5.91 Å². The van der Waals surface area contributed by atoms with Gasteiger partial charge in [0.25, 0.3) is 0 Å². The first-order valence-electron chi connectivity index (χ1n) is 6.32. The van der Waals surface area contributed by atoms with Crippen molar-refractivity contribution in [2.24, 2.45) is 5.73 Å². The standard InChI is InChI=1S/C15H15NO2S/c16-15(17)8-10-5-6-13-11(7-10)9-18-12-3-1-2-4-14(12)19-13/h1,3,5-7,9,13H,2,4,8H2,(H2,16,17). The van der Waals surface area contributed by atoms with Gasteiger partial charge in [-0.1, -0.05) is 24.3 Å². The highest BCUT2D eigenvalue weighted by Gasteiger charge is 2.23. The van der Waals surface area contributed by atoms with E-state index in [9.17, 15) is 4.79 Å². The van der Waals surface area contributed by atoms with Crippen LogP contribution >= 0.6 is 11.8 Å². The molecule has 1 amide bonds. The third-order valence-corrected chi connectivity index (χ3v) is 4.59. The van der Waals surface area contributed by atoms with E-state index in [1.807, 2.05) is 30.0 Å². The zero-order valence-electron chi connectivity index (χ0n) is 10.5. The molecule has 2 N–H and O–H groups in total. The maximum Gasteiger partial charge on any atom is 0.221 e. The number of thioether (sulfide) groups is 1. The molecular weight excluding hydrogens is 258 g/mol. The highest BCUT2D eigenvalue weighted by atomic mass is 32.2. The van der Waals surface area contributed by atoms with Crippen LogP contribution in [0.2, 0.25) is 0 Å². The first kappa shape index (κ1) is 12.4. The van der Waals surface area contributed by atoms with Crippen molar-refractivity contribution < 1.29 is 9.53 Å². The predicted molar refractivity (Wildman–Crippen MR) is 77.0 cm³/mol. The van der Waals surface area contributed by atoms with Crippen LogP contribution in [0.15, 0.2) is 58.5 Å². The number of amides is 1. The third kappa shape index (κ3) is 2.68. The van der Waals surface area contributed by atoms with Crippen LogP contribution in [0.25, 0.3) is 0 Å². The molecule has 0 aromatic carbocycles. The highest BCUT2D eigenvalue weighted by molar-refractivity contribution is 8.04. The number of carbonyl (C=O) groups is 1. The molecule has 1 atom stereocenters. The topological polar surface area (TPSA) is 52.3 Å². The Balaban J connectivity index is 1.84. The average Bonchev–Trinajstić information content (AvgIpc) is 2.57. The Hall–Kier alpha value is -1.68. The molecule has 0 spiro atoms. The minimum absolute atomic E-state index is 0.274. The van der Waals surface area contributed by atoms with Crippen molar-refractivity contribution >= 4 is 17.7 Å². The lowest BCUT2D eigenvalue weighted by Crippen LogP contribution is -2.13. The molecule has 3 rings (SSSR count). The molecule has 1 aliphatic heterocycles. The zero-order chi connectivity index (χ0) is 13.2. The second kappa shape index (κ2) is 5.13. The predicted octanol–water partition coefficient (Wildman–Crippen LogP) is 2.94. The SMILES string of the molecule is NC(=O)CC1=CC2=COC3=C(CCC=C3)SC2C=C1. The Morgan fingerprint density at radius 2 is 2.37 bits per heavy atom. The number of ether oxygens (including phenoxy) is 1. The molecule has 0 saturated heterocycles. The smallest absolute Gasteiger partial charge is 0.221 e. The third-order valence-electron chi connectivity index (χ3n) is 3.22. The summed E-state index contributed by atoms with van der Waals surface area (Å²) in [4.78, 5) is 12.3. The van der Waals surface area contributed by atoms with E-state index in [0.29, 0.717) is 0 Å². The number of rotatable bonds is 2. The first-order chi connectivity index (χ1) is 9.22. The first-order valence-corrected chi connectivity index (χ1v) is 7.20. The van der Waals surface area contributed by atoms with Crippen LogP contribution < -0.4 is 5.73 Å². The molecular formula is C15H15NO2S. The number of nitrogens with two attached hydrogens (primary N) is 1. The van der Waals surface area contributed by atoms with E-state index in [0.717, 1.165) is 29.7 Å². The van der Waals surface area contributed by atoms with E-state index in [1.54, 1.807) is 6.26 Å². The zero-order valence-corrected chi connectivity index (χ0v) is 11.3. The van der Waals surface area contributed by atoms with Gasteiger partial charge in [0.05, 0.1) is 17.9 Å². The maximum atomic E-state index is 11.0. The summed E-state index contributed by atoms with van der Waals surface area (Å²) in [6, 6.07) is 0. The molecule has 0 fully saturated rings. The summed E-state index contributed by atoms with van der Waals surface area (Å²) >= 11 is 1.83. The molecule has 0 bridgehead atoms. The molecule has 0 saturated carbocycles. The second-order valence-electron chi connectivity index (χ2n) is 4.72. The van der Waals surface area contributed by atoms with E-state index in [1.165, 1.54) is 4.91 Å². The van der Waals surface area contributed by atoms with E-state index in [-0.39, 0.29) is 17.6 Å². The number of hydrogen-bond acceptors (Lipinski definition) is 3. The molecule has 19 heavy (non-hydrogen) atoms. The molecule has 0 aromatic heterocycles. The van der Waals surface area contributed by atoms with Crippen LogP contribution in [0, 0.1) is 0 Å². The molecule has 4 heteroatoms. The number of allylic oxidation sites excluding steroid dienone is 5. The Morgan fingerprint density at radius 3 is 3.21 bits per heavy atom. The van der Waals surface area contributed by atoms with E-state index < -0.39 is 0 Å². The van der Waals surface area contributed by atoms with Crippen LogP contribution in [-0.4, -0.2) is 11.2 Å². The Morgan fingerprint density at radius 1 is 1.47 bits per heavy atom. The van der Waals surface area contributed by atoms with Gasteiger partial charge >= 0.3 is 0 Å². The minimum Gasteiger partial charge on any atom is -0.464 e. The summed E-state index contributed by atoms with van der Waals surface area (Å²) in [5.74, 6) is 0.647. The lowest BCUT2D eigenvalue weighted by molar-refractivity contribution is -0.117. The molecule has 1 heterocycles. The minimum atomic E-state index is -0.308. The van der Waals surface area contributed by atoms with Crippen molar-refractivity contribution in [1.29, 1.82) is 0 Å². The van der Waals surface area contributed by atoms with E-state index in [4.69, 9.17) is 10.5 Å². The van der Waals surface area contributed by atoms with Gasteiger partial charge < -0.3 is 10.5 Å². The van der Waals surface area contributed by atoms with Crippen molar-refractivity contribution in [3.05, 3.63) is 58.5 Å². The fraction of sp³-hybridized carbons (Fsp3) is 0.267. The van der Waals surface area contributed by atoms with Gasteiger partial charge in [-0.3, -0.25) is 4.79 Å². The molecule has 3 aliphatic rings. The lowest BCUT2D eigenvalue weighted by Gasteiger charge is -2.18. The highest BCUT2D eigenvalue weighted by Crippen LogP contribution is 2.40. The molecule has 3 nitrogen and oxygen atoms in total. The Bertz CT molecular complexity index is 567. The van der Waals surface area contributed by atoms with Crippen LogP contribution in [-0.2, 0) is 9.53 Å². The molecule has 98 valence electrons. The van der Waals surface area contributed by atoms with Gasteiger partial charge in [0.15, 0.2) is 0 Å². The van der Waals surface area contributed by atoms with Gasteiger partial charge in [-0.15, -0.1) is 11.8 Å². The van der Waals surface area contributed by atoms with Gasteiger partial charge in [-0.25, -0.2) is 0 Å². The molecule has 2 aliphatic carbocycles. The van der Waals surface area contributed by atoms with E-state index >= 15 is 0 Å². The summed E-state index contributed by atoms with van der Waals surface area (Å²) in [5.41, 5.74) is 7.26. The van der Waals surface area contributed by atoms with Gasteiger partial charge in [-0.2, -0.15) is 0 Å². The van der Waals surface area contributed by atoms with Crippen molar-refractivity contribution in [2.75, 3.05) is 0 Å². The average molecular weight is 273 g/mol. The summed E-state index contributed by atoms with van der Waals surface area (Å²) < 4.78 is 5.74. The van der Waals surface area contributed by atoms with Gasteiger partial charge in [-0.05, 0) is 24.5 Å². The van der Waals surface area contributed by atoms with Crippen molar-refractivity contribution in [3.8, 4) is 0 Å². The summed E-state index contributed by atoms with van der Waals surface area (Å²) in [7, 11) is 0. The van der Waals surface area contributed by atoms with Crippen molar-refractivity contribution in [3.63, 3.8) is 0 Å². The summed E-state index contributed by atoms with van der Waals surface area (Å²) in [6.07, 6.45) is 14.5. The fourth-order valence-electron chi connectivity index (χ4n) is 2.31. The molecule has 1 unspecified atom stereocenters. The van der Waals surface area contributed by atoms with Crippen LogP contribution in [0.3, 0.4) is 0 Å². The van der Waals surface area contributed by atoms with Crippen LogP contribution in [0.5, 0.6) is 0 Å². The molecule has 0 radical (unpaired) electrons. The number of carbonyl (C=O) groups excluding carboxylic acids is 1. The monoisotopic (exact) mass is 273 g/mol. The quantitative estimate of drug-likeness (QED) is 0.841. The van der Waals surface area contributed by atoms with Crippen molar-refractivity contribution in [1.82, 2.24) is 0 Å². The number of fused-ring (bicyclic) bond motifs is 1. The summed E-state index contributed by atoms with van der Waals surface area (Å²) in [6.45, 7) is 0. The van der Waals surface area contributed by atoms with E-state index in [2.05, 4.69) is 12.2 Å². The normalized spacial score (nSPS) is 24.7. The second-order valence-corrected chi connectivity index (χ2v) is 5.96. The summed E-state index contributed by atoms with van der Waals surface area (Å²) in [5, 5.41) is 0.274. The Labute approximate surface area is 116 Å². The number of primary amides is 1. The fourth-order valence-corrected chi connectivity index (χ4v) is 3.51. The maximum absolute atomic E-state index is 11.0.